The van der Waals surface area contributed by atoms with Gasteiger partial charge in [0.15, 0.2) is 11.5 Å². The van der Waals surface area contributed by atoms with Crippen molar-refractivity contribution in [3.05, 3.63) is 59.2 Å². The van der Waals surface area contributed by atoms with Gasteiger partial charge in [0.1, 0.15) is 0 Å². The van der Waals surface area contributed by atoms with Crippen LogP contribution in [0.15, 0.2) is 42.5 Å². The minimum Gasteiger partial charge on any atom is -0.493 e. The molecule has 1 unspecified atom stereocenters. The van der Waals surface area contributed by atoms with E-state index < -0.39 is 5.97 Å². The number of carboxylic acid groups (broad SMARTS) is 1. The fraction of sp³-hybridized carbons (Fsp3) is 0.381. The molecule has 1 atom stereocenters. The summed E-state index contributed by atoms with van der Waals surface area (Å²) in [6.07, 6.45) is 1.74. The lowest BCUT2D eigenvalue weighted by atomic mass is 9.87. The van der Waals surface area contributed by atoms with Gasteiger partial charge < -0.3 is 14.6 Å². The molecule has 0 radical (unpaired) electrons. The molecule has 2 aromatic rings. The van der Waals surface area contributed by atoms with E-state index in [1.165, 1.54) is 16.7 Å². The number of nitrogens with zero attached hydrogens (tertiary/aromatic N) is 1. The number of hydrogen-bond donors (Lipinski definition) is 1. The van der Waals surface area contributed by atoms with Crippen LogP contribution in [-0.4, -0.2) is 43.3 Å². The topological polar surface area (TPSA) is 59.0 Å². The van der Waals surface area contributed by atoms with E-state index in [4.69, 9.17) is 14.6 Å². The molecule has 0 aliphatic carbocycles. The van der Waals surface area contributed by atoms with Crippen LogP contribution < -0.4 is 9.47 Å². The molecule has 138 valence electrons. The Bertz CT molecular complexity index is 760. The molecule has 0 bridgehead atoms. The maximum Gasteiger partial charge on any atom is 0.303 e. The predicted molar refractivity (Wildman–Crippen MR) is 100.0 cm³/mol. The van der Waals surface area contributed by atoms with Gasteiger partial charge >= 0.3 is 5.97 Å². The molecular formula is C21H25NO4. The van der Waals surface area contributed by atoms with Crippen molar-refractivity contribution in [1.82, 2.24) is 4.90 Å². The molecule has 0 fully saturated rings. The molecule has 0 spiro atoms. The lowest BCUT2D eigenvalue weighted by molar-refractivity contribution is -0.137. The second-order valence-electron chi connectivity index (χ2n) is 6.50. The van der Waals surface area contributed by atoms with Gasteiger partial charge in [-0.2, -0.15) is 0 Å². The van der Waals surface area contributed by atoms with Crippen molar-refractivity contribution in [2.24, 2.45) is 0 Å². The van der Waals surface area contributed by atoms with Crippen molar-refractivity contribution in [3.8, 4) is 11.5 Å². The summed E-state index contributed by atoms with van der Waals surface area (Å²) < 4.78 is 11.0. The number of carboxylic acids is 1. The highest BCUT2D eigenvalue weighted by Crippen LogP contribution is 2.40. The average molecular weight is 355 g/mol. The third kappa shape index (κ3) is 3.83. The van der Waals surface area contributed by atoms with Crippen LogP contribution >= 0.6 is 0 Å². The Morgan fingerprint density at radius 2 is 1.85 bits per heavy atom. The lowest BCUT2D eigenvalue weighted by Gasteiger charge is -2.38. The van der Waals surface area contributed by atoms with E-state index in [0.29, 0.717) is 6.42 Å². The molecule has 0 aromatic heterocycles. The van der Waals surface area contributed by atoms with Crippen molar-refractivity contribution in [1.29, 1.82) is 0 Å². The van der Waals surface area contributed by atoms with Crippen molar-refractivity contribution in [2.45, 2.75) is 25.3 Å². The number of aliphatic carboxylic acids is 1. The quantitative estimate of drug-likeness (QED) is 0.823. The van der Waals surface area contributed by atoms with Crippen molar-refractivity contribution in [3.63, 3.8) is 0 Å². The lowest BCUT2D eigenvalue weighted by Crippen LogP contribution is -2.37. The normalized spacial score (nSPS) is 16.8. The SMILES string of the molecule is COc1cc2c(cc1OC)C(c1ccccc1)N(CCCC(=O)O)CC2. The number of fused-ring (bicyclic) bond motifs is 1. The highest BCUT2D eigenvalue weighted by molar-refractivity contribution is 5.66. The molecule has 1 aliphatic rings. The van der Waals surface area contributed by atoms with Crippen LogP contribution in [0, 0.1) is 0 Å². The molecular weight excluding hydrogens is 330 g/mol. The Morgan fingerprint density at radius 3 is 2.50 bits per heavy atom. The maximum atomic E-state index is 10.9. The summed E-state index contributed by atoms with van der Waals surface area (Å²) in [6, 6.07) is 14.6. The molecule has 0 amide bonds. The molecule has 1 aliphatic heterocycles. The van der Waals surface area contributed by atoms with Crippen LogP contribution in [0.5, 0.6) is 11.5 Å². The summed E-state index contributed by atoms with van der Waals surface area (Å²) in [6.45, 7) is 1.64. The number of methoxy groups -OCH3 is 2. The molecule has 0 saturated heterocycles. The summed E-state index contributed by atoms with van der Waals surface area (Å²) >= 11 is 0. The first kappa shape index (κ1) is 18.3. The zero-order valence-corrected chi connectivity index (χ0v) is 15.3. The smallest absolute Gasteiger partial charge is 0.303 e. The van der Waals surface area contributed by atoms with E-state index in [1.54, 1.807) is 14.2 Å². The van der Waals surface area contributed by atoms with Gasteiger partial charge in [0.25, 0.3) is 0 Å². The summed E-state index contributed by atoms with van der Waals surface area (Å²) in [4.78, 5) is 13.3. The number of rotatable bonds is 7. The largest absolute Gasteiger partial charge is 0.493 e. The number of ether oxygens (including phenoxy) is 2. The van der Waals surface area contributed by atoms with Crippen LogP contribution in [-0.2, 0) is 11.2 Å². The predicted octanol–water partition coefficient (Wildman–Crippen LogP) is 3.52. The number of carbonyl (C=O) groups is 1. The molecule has 3 rings (SSSR count). The third-order valence-corrected chi connectivity index (χ3v) is 4.92. The molecule has 1 heterocycles. The van der Waals surface area contributed by atoms with Gasteiger partial charge in [-0.3, -0.25) is 9.69 Å². The Balaban J connectivity index is 1.99. The van der Waals surface area contributed by atoms with Gasteiger partial charge in [0.2, 0.25) is 0 Å². The van der Waals surface area contributed by atoms with Crippen LogP contribution in [0.2, 0.25) is 0 Å². The maximum absolute atomic E-state index is 10.9. The van der Waals surface area contributed by atoms with Crippen LogP contribution in [0.3, 0.4) is 0 Å². The summed E-state index contributed by atoms with van der Waals surface area (Å²) in [5.41, 5.74) is 3.66. The molecule has 1 N–H and O–H groups in total. The fourth-order valence-corrected chi connectivity index (χ4v) is 3.70. The van der Waals surface area contributed by atoms with Gasteiger partial charge in [0, 0.05) is 13.0 Å². The second kappa shape index (κ2) is 8.23. The molecule has 5 nitrogen and oxygen atoms in total. The highest BCUT2D eigenvalue weighted by atomic mass is 16.5. The third-order valence-electron chi connectivity index (χ3n) is 4.92. The van der Waals surface area contributed by atoms with E-state index in [2.05, 4.69) is 29.2 Å². The number of hydrogen-bond acceptors (Lipinski definition) is 4. The van der Waals surface area contributed by atoms with Gasteiger partial charge in [-0.05, 0) is 48.2 Å². The van der Waals surface area contributed by atoms with Gasteiger partial charge in [0.05, 0.1) is 20.3 Å². The zero-order valence-electron chi connectivity index (χ0n) is 15.3. The van der Waals surface area contributed by atoms with Crippen molar-refractivity contribution < 1.29 is 19.4 Å². The molecule has 2 aromatic carbocycles. The Labute approximate surface area is 154 Å². The van der Waals surface area contributed by atoms with E-state index in [0.717, 1.165) is 31.0 Å². The first-order chi connectivity index (χ1) is 12.6. The zero-order chi connectivity index (χ0) is 18.5. The average Bonchev–Trinajstić information content (AvgIpc) is 2.67. The van der Waals surface area contributed by atoms with E-state index >= 15 is 0 Å². The first-order valence-corrected chi connectivity index (χ1v) is 8.89. The van der Waals surface area contributed by atoms with Crippen LogP contribution in [0.25, 0.3) is 0 Å². The van der Waals surface area contributed by atoms with Gasteiger partial charge in [-0.15, -0.1) is 0 Å². The van der Waals surface area contributed by atoms with Gasteiger partial charge in [-0.1, -0.05) is 30.3 Å². The number of benzene rings is 2. The Hall–Kier alpha value is -2.53. The van der Waals surface area contributed by atoms with Crippen molar-refractivity contribution >= 4 is 5.97 Å². The van der Waals surface area contributed by atoms with Crippen LogP contribution in [0.4, 0.5) is 0 Å². The molecule has 5 heteroatoms. The Kier molecular flexibility index (Phi) is 5.78. The van der Waals surface area contributed by atoms with E-state index in [-0.39, 0.29) is 12.5 Å². The standard InChI is InChI=1S/C21H25NO4/c1-25-18-13-16-10-12-22(11-6-9-20(23)24)21(15-7-4-3-5-8-15)17(16)14-19(18)26-2/h3-5,7-8,13-14,21H,6,9-12H2,1-2H3,(H,23,24). The van der Waals surface area contributed by atoms with Crippen molar-refractivity contribution in [2.75, 3.05) is 27.3 Å². The first-order valence-electron chi connectivity index (χ1n) is 8.89. The Morgan fingerprint density at radius 1 is 1.15 bits per heavy atom. The summed E-state index contributed by atoms with van der Waals surface area (Å²) in [5.74, 6) is 0.724. The summed E-state index contributed by atoms with van der Waals surface area (Å²) in [7, 11) is 3.30. The van der Waals surface area contributed by atoms with E-state index in [1.807, 2.05) is 18.2 Å². The minimum atomic E-state index is -0.745. The van der Waals surface area contributed by atoms with E-state index in [9.17, 15) is 4.79 Å². The second-order valence-corrected chi connectivity index (χ2v) is 6.50. The molecule has 26 heavy (non-hydrogen) atoms. The molecule has 0 saturated carbocycles. The highest BCUT2D eigenvalue weighted by Gasteiger charge is 2.30. The van der Waals surface area contributed by atoms with Crippen LogP contribution in [0.1, 0.15) is 35.6 Å². The fourth-order valence-electron chi connectivity index (χ4n) is 3.70. The minimum absolute atomic E-state index is 0.0913. The summed E-state index contributed by atoms with van der Waals surface area (Å²) in [5, 5.41) is 8.96. The van der Waals surface area contributed by atoms with Gasteiger partial charge in [-0.25, -0.2) is 0 Å². The monoisotopic (exact) mass is 355 g/mol.